The number of halogens is 1. The van der Waals surface area contributed by atoms with Gasteiger partial charge in [-0.05, 0) is 24.8 Å². The first kappa shape index (κ1) is 18.9. The molecule has 0 bridgehead atoms. The van der Waals surface area contributed by atoms with E-state index in [4.69, 9.17) is 5.73 Å². The Morgan fingerprint density at radius 1 is 1.25 bits per heavy atom. The fourth-order valence-electron chi connectivity index (χ4n) is 2.04. The van der Waals surface area contributed by atoms with E-state index in [9.17, 15) is 4.79 Å². The molecule has 0 aliphatic heterocycles. The Kier molecular flexibility index (Phi) is 9.26. The van der Waals surface area contributed by atoms with E-state index in [-0.39, 0.29) is 30.3 Å². The highest BCUT2D eigenvalue weighted by molar-refractivity contribution is 5.85. The van der Waals surface area contributed by atoms with Crippen molar-refractivity contribution in [3.63, 3.8) is 0 Å². The predicted molar refractivity (Wildman–Crippen MR) is 87.1 cm³/mol. The number of nitrogens with two attached hydrogens (primary N) is 1. The molecule has 0 radical (unpaired) electrons. The van der Waals surface area contributed by atoms with E-state index >= 15 is 0 Å². The second-order valence-electron chi connectivity index (χ2n) is 5.06. The van der Waals surface area contributed by atoms with Gasteiger partial charge in [-0.2, -0.15) is 0 Å². The second-order valence-corrected chi connectivity index (χ2v) is 5.06. The molecule has 1 rings (SSSR count). The van der Waals surface area contributed by atoms with Crippen LogP contribution in [0.1, 0.15) is 32.8 Å². The molecule has 1 aromatic rings. The first-order valence-electron chi connectivity index (χ1n) is 7.18. The maximum atomic E-state index is 12.3. The lowest BCUT2D eigenvalue weighted by molar-refractivity contribution is -0.133. The van der Waals surface area contributed by atoms with Gasteiger partial charge in [0.2, 0.25) is 5.91 Å². The zero-order valence-corrected chi connectivity index (χ0v) is 13.5. The summed E-state index contributed by atoms with van der Waals surface area (Å²) in [4.78, 5) is 14.2. The van der Waals surface area contributed by atoms with Crippen LogP contribution in [0.3, 0.4) is 0 Å². The lowest BCUT2D eigenvalue weighted by atomic mass is 9.98. The molecular weight excluding hydrogens is 272 g/mol. The average Bonchev–Trinajstić information content (AvgIpc) is 2.47. The van der Waals surface area contributed by atoms with Gasteiger partial charge in [0.1, 0.15) is 0 Å². The van der Waals surface area contributed by atoms with Crippen molar-refractivity contribution >= 4 is 18.3 Å². The van der Waals surface area contributed by atoms with Crippen molar-refractivity contribution in [2.24, 2.45) is 11.7 Å². The molecule has 1 amide bonds. The molecule has 0 spiro atoms. The van der Waals surface area contributed by atoms with Gasteiger partial charge < -0.3 is 10.6 Å². The van der Waals surface area contributed by atoms with Gasteiger partial charge in [0.25, 0.3) is 0 Å². The molecule has 2 atom stereocenters. The van der Waals surface area contributed by atoms with Crippen LogP contribution < -0.4 is 5.73 Å². The summed E-state index contributed by atoms with van der Waals surface area (Å²) < 4.78 is 0. The molecule has 0 saturated heterocycles. The van der Waals surface area contributed by atoms with E-state index in [1.807, 2.05) is 36.9 Å². The molecule has 0 fully saturated rings. The van der Waals surface area contributed by atoms with Crippen molar-refractivity contribution in [2.45, 2.75) is 39.7 Å². The minimum atomic E-state index is -0.374. The molecular formula is C16H27ClN2O. The summed E-state index contributed by atoms with van der Waals surface area (Å²) in [5.74, 6) is 0.311. The SMILES string of the molecule is CCC(C)C(N)C(=O)N(CC)CCc1ccccc1.Cl. The summed E-state index contributed by atoms with van der Waals surface area (Å²) in [7, 11) is 0. The Balaban J connectivity index is 0.00000361. The maximum Gasteiger partial charge on any atom is 0.239 e. The molecule has 0 aliphatic rings. The van der Waals surface area contributed by atoms with Crippen LogP contribution in [-0.2, 0) is 11.2 Å². The average molecular weight is 299 g/mol. The van der Waals surface area contributed by atoms with Crippen LogP contribution in [0.25, 0.3) is 0 Å². The van der Waals surface area contributed by atoms with Crippen LogP contribution in [-0.4, -0.2) is 29.9 Å². The molecule has 2 unspecified atom stereocenters. The number of likely N-dealkylation sites (N-methyl/N-ethyl adjacent to an activating group) is 1. The lowest BCUT2D eigenvalue weighted by Crippen LogP contribution is -2.47. The number of hydrogen-bond donors (Lipinski definition) is 1. The number of carbonyl (C=O) groups is 1. The molecule has 0 heterocycles. The zero-order chi connectivity index (χ0) is 14.3. The predicted octanol–water partition coefficient (Wildman–Crippen LogP) is 2.87. The Labute approximate surface area is 128 Å². The van der Waals surface area contributed by atoms with Crippen LogP contribution in [0.2, 0.25) is 0 Å². The quantitative estimate of drug-likeness (QED) is 0.841. The van der Waals surface area contributed by atoms with Crippen LogP contribution in [0, 0.1) is 5.92 Å². The van der Waals surface area contributed by atoms with Gasteiger partial charge in [0.05, 0.1) is 6.04 Å². The van der Waals surface area contributed by atoms with Gasteiger partial charge >= 0.3 is 0 Å². The highest BCUT2D eigenvalue weighted by atomic mass is 35.5. The third-order valence-electron chi connectivity index (χ3n) is 3.75. The molecule has 2 N–H and O–H groups in total. The lowest BCUT2D eigenvalue weighted by Gasteiger charge is -2.27. The van der Waals surface area contributed by atoms with Crippen molar-refractivity contribution < 1.29 is 4.79 Å². The van der Waals surface area contributed by atoms with Gasteiger partial charge in [-0.15, -0.1) is 12.4 Å². The Morgan fingerprint density at radius 2 is 1.85 bits per heavy atom. The fraction of sp³-hybridized carbons (Fsp3) is 0.562. The molecule has 1 aromatic carbocycles. The Bertz CT molecular complexity index is 383. The number of amides is 1. The van der Waals surface area contributed by atoms with Crippen molar-refractivity contribution in [1.82, 2.24) is 4.90 Å². The van der Waals surface area contributed by atoms with E-state index in [0.717, 1.165) is 25.9 Å². The molecule has 4 heteroatoms. The van der Waals surface area contributed by atoms with E-state index in [2.05, 4.69) is 19.1 Å². The monoisotopic (exact) mass is 298 g/mol. The number of benzene rings is 1. The summed E-state index contributed by atoms with van der Waals surface area (Å²) in [5.41, 5.74) is 7.28. The molecule has 0 aromatic heterocycles. The molecule has 0 saturated carbocycles. The maximum absolute atomic E-state index is 12.3. The zero-order valence-electron chi connectivity index (χ0n) is 12.7. The van der Waals surface area contributed by atoms with E-state index in [0.29, 0.717) is 0 Å². The minimum absolute atomic E-state index is 0. The van der Waals surface area contributed by atoms with Crippen LogP contribution >= 0.6 is 12.4 Å². The third kappa shape index (κ3) is 5.51. The first-order valence-corrected chi connectivity index (χ1v) is 7.18. The smallest absolute Gasteiger partial charge is 0.239 e. The van der Waals surface area contributed by atoms with Crippen LogP contribution in [0.5, 0.6) is 0 Å². The van der Waals surface area contributed by atoms with Crippen LogP contribution in [0.4, 0.5) is 0 Å². The number of nitrogens with zero attached hydrogens (tertiary/aromatic N) is 1. The second kappa shape index (κ2) is 9.78. The van der Waals surface area contributed by atoms with Gasteiger partial charge in [-0.1, -0.05) is 50.6 Å². The number of rotatable bonds is 7. The van der Waals surface area contributed by atoms with E-state index < -0.39 is 0 Å². The van der Waals surface area contributed by atoms with Gasteiger partial charge in [-0.3, -0.25) is 4.79 Å². The highest BCUT2D eigenvalue weighted by Gasteiger charge is 2.23. The molecule has 114 valence electrons. The van der Waals surface area contributed by atoms with Crippen molar-refractivity contribution in [2.75, 3.05) is 13.1 Å². The topological polar surface area (TPSA) is 46.3 Å². The summed E-state index contributed by atoms with van der Waals surface area (Å²) in [6.45, 7) is 7.57. The van der Waals surface area contributed by atoms with Crippen molar-refractivity contribution in [3.05, 3.63) is 35.9 Å². The van der Waals surface area contributed by atoms with E-state index in [1.54, 1.807) is 0 Å². The Hall–Kier alpha value is -1.06. The first-order chi connectivity index (χ1) is 9.10. The summed E-state index contributed by atoms with van der Waals surface area (Å²) in [5, 5.41) is 0. The number of carbonyl (C=O) groups excluding carboxylic acids is 1. The third-order valence-corrected chi connectivity index (χ3v) is 3.75. The van der Waals surface area contributed by atoms with Crippen molar-refractivity contribution in [3.8, 4) is 0 Å². The van der Waals surface area contributed by atoms with Crippen molar-refractivity contribution in [1.29, 1.82) is 0 Å². The fourth-order valence-corrected chi connectivity index (χ4v) is 2.04. The summed E-state index contributed by atoms with van der Waals surface area (Å²) in [6, 6.07) is 9.86. The minimum Gasteiger partial charge on any atom is -0.341 e. The molecule has 0 aliphatic carbocycles. The van der Waals surface area contributed by atoms with E-state index in [1.165, 1.54) is 5.56 Å². The normalized spacial score (nSPS) is 13.2. The Morgan fingerprint density at radius 3 is 2.35 bits per heavy atom. The largest absolute Gasteiger partial charge is 0.341 e. The number of hydrogen-bond acceptors (Lipinski definition) is 2. The van der Waals surface area contributed by atoms with Gasteiger partial charge in [-0.25, -0.2) is 0 Å². The standard InChI is InChI=1S/C16H26N2O.ClH/c1-4-13(3)15(17)16(19)18(5-2)12-11-14-9-7-6-8-10-14;/h6-10,13,15H,4-5,11-12,17H2,1-3H3;1H. The van der Waals surface area contributed by atoms with Crippen LogP contribution in [0.15, 0.2) is 30.3 Å². The summed E-state index contributed by atoms with van der Waals surface area (Å²) in [6.07, 6.45) is 1.82. The van der Waals surface area contributed by atoms with Gasteiger partial charge in [0, 0.05) is 13.1 Å². The van der Waals surface area contributed by atoms with Gasteiger partial charge in [0.15, 0.2) is 0 Å². The molecule has 3 nitrogen and oxygen atoms in total. The molecule has 20 heavy (non-hydrogen) atoms. The highest BCUT2D eigenvalue weighted by Crippen LogP contribution is 2.09. The summed E-state index contributed by atoms with van der Waals surface area (Å²) >= 11 is 0.